The number of benzene rings is 1. The van der Waals surface area contributed by atoms with E-state index in [1.54, 1.807) is 0 Å². The van der Waals surface area contributed by atoms with Crippen LogP contribution >= 0.6 is 11.8 Å². The number of fused-ring (bicyclic) bond motifs is 3. The molecule has 0 amide bonds. The van der Waals surface area contributed by atoms with E-state index >= 15 is 0 Å². The monoisotopic (exact) mass is 328 g/mol. The van der Waals surface area contributed by atoms with E-state index in [4.69, 9.17) is 4.74 Å². The normalized spacial score (nSPS) is 22.9. The molecule has 1 unspecified atom stereocenters. The van der Waals surface area contributed by atoms with Crippen LogP contribution in [0.5, 0.6) is 5.75 Å². The molecule has 1 aromatic rings. The molecule has 0 fully saturated rings. The fraction of sp³-hybridized carbons (Fsp3) is 0.524. The minimum Gasteiger partial charge on any atom is -0.462 e. The van der Waals surface area contributed by atoms with Gasteiger partial charge in [0.2, 0.25) is 0 Å². The summed E-state index contributed by atoms with van der Waals surface area (Å²) in [4.78, 5) is 1.39. The Bertz CT molecular complexity index is 629. The molecule has 0 aromatic heterocycles. The maximum atomic E-state index is 6.19. The molecule has 23 heavy (non-hydrogen) atoms. The van der Waals surface area contributed by atoms with Gasteiger partial charge in [0.05, 0.1) is 0 Å². The predicted molar refractivity (Wildman–Crippen MR) is 100 cm³/mol. The van der Waals surface area contributed by atoms with Gasteiger partial charge in [-0.1, -0.05) is 38.0 Å². The second kappa shape index (κ2) is 7.17. The number of hydrogen-bond acceptors (Lipinski definition) is 2. The van der Waals surface area contributed by atoms with Crippen LogP contribution < -0.4 is 4.74 Å². The molecule has 0 saturated heterocycles. The highest BCUT2D eigenvalue weighted by atomic mass is 32.2. The van der Waals surface area contributed by atoms with Crippen molar-refractivity contribution >= 4 is 11.8 Å². The maximum absolute atomic E-state index is 6.19. The lowest BCUT2D eigenvalue weighted by Gasteiger charge is -2.37. The Morgan fingerprint density at radius 1 is 1.30 bits per heavy atom. The molecule has 0 saturated carbocycles. The minimum absolute atomic E-state index is 0.447. The predicted octanol–water partition coefficient (Wildman–Crippen LogP) is 6.49. The van der Waals surface area contributed by atoms with Gasteiger partial charge in [-0.25, -0.2) is 0 Å². The Hall–Kier alpha value is -1.15. The quantitative estimate of drug-likeness (QED) is 0.347. The van der Waals surface area contributed by atoms with Crippen molar-refractivity contribution in [3.8, 4) is 5.75 Å². The van der Waals surface area contributed by atoms with Gasteiger partial charge >= 0.3 is 0 Å². The van der Waals surface area contributed by atoms with Gasteiger partial charge in [-0.05, 0) is 56.6 Å². The number of aryl methyl sites for hydroxylation is 1. The molecular weight excluding hydrogens is 300 g/mol. The Kier molecular flexibility index (Phi) is 5.21. The van der Waals surface area contributed by atoms with Crippen LogP contribution in [0.3, 0.4) is 0 Å². The van der Waals surface area contributed by atoms with E-state index in [-0.39, 0.29) is 0 Å². The summed E-state index contributed by atoms with van der Waals surface area (Å²) in [5, 5.41) is 0. The molecule has 3 rings (SSSR count). The third-order valence-electron chi connectivity index (χ3n) is 5.19. The molecule has 2 heteroatoms. The first-order valence-corrected chi connectivity index (χ1v) is 10.1. The molecule has 2 aliphatic rings. The molecule has 2 atom stereocenters. The zero-order valence-electron chi connectivity index (χ0n) is 14.7. The van der Waals surface area contributed by atoms with Crippen LogP contribution in [-0.4, -0.2) is 6.26 Å². The van der Waals surface area contributed by atoms with Crippen LogP contribution in [0.15, 0.2) is 41.0 Å². The van der Waals surface area contributed by atoms with Crippen LogP contribution in [0.1, 0.15) is 63.0 Å². The maximum Gasteiger partial charge on any atom is 0.132 e. The molecule has 0 bridgehead atoms. The van der Waals surface area contributed by atoms with Gasteiger partial charge in [-0.3, -0.25) is 0 Å². The van der Waals surface area contributed by atoms with Gasteiger partial charge in [0, 0.05) is 22.3 Å². The molecule has 1 heterocycles. The number of rotatable bonds is 5. The zero-order chi connectivity index (χ0) is 16.4. The topological polar surface area (TPSA) is 9.23 Å². The fourth-order valence-electron chi connectivity index (χ4n) is 3.89. The average Bonchev–Trinajstić information content (AvgIpc) is 2.54. The van der Waals surface area contributed by atoms with Crippen LogP contribution in [0.4, 0.5) is 0 Å². The Morgan fingerprint density at radius 3 is 2.87 bits per heavy atom. The van der Waals surface area contributed by atoms with Crippen LogP contribution in [0.2, 0.25) is 0 Å². The van der Waals surface area contributed by atoms with Crippen molar-refractivity contribution in [1.82, 2.24) is 0 Å². The summed E-state index contributed by atoms with van der Waals surface area (Å²) in [6.07, 6.45) is 11.9. The van der Waals surface area contributed by atoms with Gasteiger partial charge in [-0.2, -0.15) is 0 Å². The van der Waals surface area contributed by atoms with E-state index in [0.29, 0.717) is 11.8 Å². The van der Waals surface area contributed by atoms with Crippen LogP contribution in [0, 0.1) is 5.92 Å². The lowest BCUT2D eigenvalue weighted by molar-refractivity contribution is 0.278. The van der Waals surface area contributed by atoms with E-state index in [2.05, 4.69) is 44.9 Å². The zero-order valence-corrected chi connectivity index (χ0v) is 15.5. The first-order chi connectivity index (χ1) is 11.1. The lowest BCUT2D eigenvalue weighted by Crippen LogP contribution is -2.26. The van der Waals surface area contributed by atoms with Gasteiger partial charge < -0.3 is 4.74 Å². The van der Waals surface area contributed by atoms with E-state index < -0.39 is 0 Å². The molecule has 0 radical (unpaired) electrons. The van der Waals surface area contributed by atoms with Crippen molar-refractivity contribution in [2.45, 2.75) is 63.2 Å². The Morgan fingerprint density at radius 2 is 2.13 bits per heavy atom. The third-order valence-corrected chi connectivity index (χ3v) is 5.97. The van der Waals surface area contributed by atoms with Crippen LogP contribution in [0.25, 0.3) is 0 Å². The van der Waals surface area contributed by atoms with Crippen molar-refractivity contribution in [1.29, 1.82) is 0 Å². The lowest BCUT2D eigenvalue weighted by atomic mass is 9.74. The van der Waals surface area contributed by atoms with Crippen molar-refractivity contribution in [2.24, 2.45) is 5.92 Å². The SMILES string of the molecule is C=C1Oc2cc(CCCCC)cc(SC)c2C2C=C(C)CC[C@@H]12. The van der Waals surface area contributed by atoms with E-state index in [0.717, 1.165) is 24.4 Å². The summed E-state index contributed by atoms with van der Waals surface area (Å²) >= 11 is 1.86. The number of unbranched alkanes of at least 4 members (excludes halogenated alkanes) is 2. The van der Waals surface area contributed by atoms with Crippen molar-refractivity contribution in [3.05, 3.63) is 47.2 Å². The molecule has 0 spiro atoms. The summed E-state index contributed by atoms with van der Waals surface area (Å²) in [6, 6.07) is 4.66. The molecule has 1 aromatic carbocycles. The number of ether oxygens (including phenoxy) is 1. The summed E-state index contributed by atoms with van der Waals surface area (Å²) in [5.41, 5.74) is 4.31. The second-order valence-electron chi connectivity index (χ2n) is 6.92. The molecule has 1 nitrogen and oxygen atoms in total. The second-order valence-corrected chi connectivity index (χ2v) is 7.77. The summed E-state index contributed by atoms with van der Waals surface area (Å²) in [6.45, 7) is 8.74. The van der Waals surface area contributed by atoms with Crippen molar-refractivity contribution < 1.29 is 4.74 Å². The Labute approximate surface area is 145 Å². The van der Waals surface area contributed by atoms with Gasteiger partial charge in [0.15, 0.2) is 0 Å². The third kappa shape index (κ3) is 3.38. The van der Waals surface area contributed by atoms with Crippen molar-refractivity contribution in [3.63, 3.8) is 0 Å². The largest absolute Gasteiger partial charge is 0.462 e. The summed E-state index contributed by atoms with van der Waals surface area (Å²) < 4.78 is 6.19. The van der Waals surface area contributed by atoms with Crippen LogP contribution in [-0.2, 0) is 6.42 Å². The first-order valence-electron chi connectivity index (χ1n) is 8.88. The molecule has 124 valence electrons. The van der Waals surface area contributed by atoms with Gasteiger partial charge in [-0.15, -0.1) is 11.8 Å². The molecule has 1 aliphatic heterocycles. The highest BCUT2D eigenvalue weighted by Crippen LogP contribution is 2.50. The highest BCUT2D eigenvalue weighted by Gasteiger charge is 2.36. The van der Waals surface area contributed by atoms with E-state index in [1.165, 1.54) is 47.3 Å². The summed E-state index contributed by atoms with van der Waals surface area (Å²) in [7, 11) is 0. The highest BCUT2D eigenvalue weighted by molar-refractivity contribution is 7.98. The van der Waals surface area contributed by atoms with Gasteiger partial charge in [0.1, 0.15) is 11.5 Å². The number of allylic oxidation sites excluding steroid dienone is 3. The van der Waals surface area contributed by atoms with Gasteiger partial charge in [0.25, 0.3) is 0 Å². The minimum atomic E-state index is 0.447. The number of hydrogen-bond donors (Lipinski definition) is 0. The molecule has 0 N–H and O–H groups in total. The van der Waals surface area contributed by atoms with E-state index in [1.807, 2.05) is 11.8 Å². The smallest absolute Gasteiger partial charge is 0.132 e. The Balaban J connectivity index is 2.00. The van der Waals surface area contributed by atoms with Crippen molar-refractivity contribution in [2.75, 3.05) is 6.26 Å². The molecule has 1 aliphatic carbocycles. The standard InChI is InChI=1S/C21H28OS/c1-5-6-7-8-16-12-19-21(20(13-16)23-4)18-11-14(2)9-10-17(18)15(3)22-19/h11-13,17-18H,3,5-10H2,1-2,4H3/t17-,18?/m0/s1. The fourth-order valence-corrected chi connectivity index (χ4v) is 4.62. The number of thioether (sulfide) groups is 1. The molecular formula is C21H28OS. The average molecular weight is 329 g/mol. The summed E-state index contributed by atoms with van der Waals surface area (Å²) in [5.74, 6) is 2.92. The van der Waals surface area contributed by atoms with E-state index in [9.17, 15) is 0 Å². The first kappa shape index (κ1) is 16.7.